The Kier molecular flexibility index (Phi) is 9.31. The summed E-state index contributed by atoms with van der Waals surface area (Å²) in [7, 11) is 4.97. The number of carbonyl (C=O) groups is 1. The van der Waals surface area contributed by atoms with Crippen molar-refractivity contribution in [3.05, 3.63) is 30.1 Å². The van der Waals surface area contributed by atoms with E-state index in [0.29, 0.717) is 31.4 Å². The second-order valence-electron chi connectivity index (χ2n) is 5.64. The molecular formula is C17H27FN4O3. The molecule has 7 nitrogen and oxygen atoms in total. The van der Waals surface area contributed by atoms with Gasteiger partial charge in [-0.3, -0.25) is 4.79 Å². The van der Waals surface area contributed by atoms with Gasteiger partial charge >= 0.3 is 0 Å². The number of nitrogens with one attached hydrogen (secondary N) is 2. The number of aliphatic imine (C=N–C) groups is 1. The molecule has 1 atom stereocenters. The number of amides is 1. The van der Waals surface area contributed by atoms with Crippen molar-refractivity contribution in [3.63, 3.8) is 0 Å². The molecule has 0 bridgehead atoms. The zero-order valence-electron chi connectivity index (χ0n) is 15.2. The van der Waals surface area contributed by atoms with Crippen LogP contribution in [0.2, 0.25) is 0 Å². The minimum Gasteiger partial charge on any atom is -0.489 e. The van der Waals surface area contributed by atoms with E-state index in [0.717, 1.165) is 0 Å². The molecule has 1 rings (SSSR count). The predicted octanol–water partition coefficient (Wildman–Crippen LogP) is 0.863. The fourth-order valence-electron chi connectivity index (χ4n) is 1.79. The van der Waals surface area contributed by atoms with E-state index in [4.69, 9.17) is 9.47 Å². The standard InChI is InChI=1S/C17H27FN4O3/c1-13(25-15-7-5-6-14(18)10-15)11-20-17(19-8-9-24-4)21-12-16(23)22(2)3/h5-7,10,13H,8-9,11-12H2,1-4H3,(H2,19,20,21). The van der Waals surface area contributed by atoms with Crippen LogP contribution in [-0.4, -0.2) is 70.3 Å². The van der Waals surface area contributed by atoms with E-state index in [9.17, 15) is 9.18 Å². The summed E-state index contributed by atoms with van der Waals surface area (Å²) in [5.41, 5.74) is 0. The Morgan fingerprint density at radius 3 is 2.76 bits per heavy atom. The molecule has 8 heteroatoms. The molecule has 1 unspecified atom stereocenters. The highest BCUT2D eigenvalue weighted by molar-refractivity contribution is 5.84. The third-order valence-corrected chi connectivity index (χ3v) is 3.16. The first kappa shape index (κ1) is 20.7. The number of benzene rings is 1. The van der Waals surface area contributed by atoms with E-state index < -0.39 is 0 Å². The molecular weight excluding hydrogens is 327 g/mol. The summed E-state index contributed by atoms with van der Waals surface area (Å²) >= 11 is 0. The van der Waals surface area contributed by atoms with Crippen LogP contribution < -0.4 is 15.4 Å². The lowest BCUT2D eigenvalue weighted by atomic mass is 10.3. The molecule has 1 amide bonds. The highest BCUT2D eigenvalue weighted by Crippen LogP contribution is 2.13. The molecule has 0 saturated carbocycles. The number of ether oxygens (including phenoxy) is 2. The first-order valence-corrected chi connectivity index (χ1v) is 8.06. The molecule has 140 valence electrons. The average Bonchev–Trinajstić information content (AvgIpc) is 2.56. The Labute approximate surface area is 148 Å². The number of hydrogen-bond donors (Lipinski definition) is 2. The smallest absolute Gasteiger partial charge is 0.243 e. The maximum Gasteiger partial charge on any atom is 0.243 e. The highest BCUT2D eigenvalue weighted by Gasteiger charge is 2.08. The van der Waals surface area contributed by atoms with Gasteiger partial charge in [0.15, 0.2) is 5.96 Å². The Morgan fingerprint density at radius 2 is 2.12 bits per heavy atom. The van der Waals surface area contributed by atoms with Crippen molar-refractivity contribution < 1.29 is 18.7 Å². The minimum atomic E-state index is -0.344. The predicted molar refractivity (Wildman–Crippen MR) is 95.4 cm³/mol. The number of hydrogen-bond acceptors (Lipinski definition) is 4. The van der Waals surface area contributed by atoms with Crippen molar-refractivity contribution in [1.29, 1.82) is 0 Å². The normalized spacial score (nSPS) is 12.4. The summed E-state index contributed by atoms with van der Waals surface area (Å²) in [6.45, 7) is 3.39. The van der Waals surface area contributed by atoms with Crippen LogP contribution in [0.15, 0.2) is 29.3 Å². The van der Waals surface area contributed by atoms with Crippen LogP contribution >= 0.6 is 0 Å². The number of rotatable bonds is 9. The summed E-state index contributed by atoms with van der Waals surface area (Å²) in [6.07, 6.45) is -0.222. The van der Waals surface area contributed by atoms with Crippen LogP contribution in [0.4, 0.5) is 4.39 Å². The molecule has 0 aliphatic heterocycles. The lowest BCUT2D eigenvalue weighted by molar-refractivity contribution is -0.127. The van der Waals surface area contributed by atoms with Gasteiger partial charge in [0.25, 0.3) is 0 Å². The second kappa shape index (κ2) is 11.2. The van der Waals surface area contributed by atoms with Crippen molar-refractivity contribution >= 4 is 11.9 Å². The van der Waals surface area contributed by atoms with E-state index in [1.54, 1.807) is 33.3 Å². The van der Waals surface area contributed by atoms with E-state index in [2.05, 4.69) is 15.6 Å². The number of carbonyl (C=O) groups excluding carboxylic acids is 1. The summed E-state index contributed by atoms with van der Waals surface area (Å²) in [5, 5.41) is 6.17. The Balaban J connectivity index is 2.54. The van der Waals surface area contributed by atoms with E-state index in [1.807, 2.05) is 6.92 Å². The lowest BCUT2D eigenvalue weighted by Crippen LogP contribution is -2.43. The largest absolute Gasteiger partial charge is 0.489 e. The number of methoxy groups -OCH3 is 1. The van der Waals surface area contributed by atoms with Crippen LogP contribution in [0, 0.1) is 5.82 Å². The number of likely N-dealkylation sites (N-methyl/N-ethyl adjacent to an activating group) is 1. The van der Waals surface area contributed by atoms with Gasteiger partial charge in [0.05, 0.1) is 13.2 Å². The summed E-state index contributed by atoms with van der Waals surface area (Å²) < 4.78 is 23.8. The van der Waals surface area contributed by atoms with E-state index >= 15 is 0 Å². The quantitative estimate of drug-likeness (QED) is 0.391. The molecule has 0 aliphatic rings. The van der Waals surface area contributed by atoms with Gasteiger partial charge in [-0.25, -0.2) is 9.38 Å². The first-order chi connectivity index (χ1) is 11.9. The second-order valence-corrected chi connectivity index (χ2v) is 5.64. The molecule has 0 spiro atoms. The van der Waals surface area contributed by atoms with Gasteiger partial charge in [-0.1, -0.05) is 6.07 Å². The maximum absolute atomic E-state index is 13.2. The Hall–Kier alpha value is -2.35. The third-order valence-electron chi connectivity index (χ3n) is 3.16. The van der Waals surface area contributed by atoms with Crippen LogP contribution in [-0.2, 0) is 9.53 Å². The van der Waals surface area contributed by atoms with Crippen molar-refractivity contribution in [2.24, 2.45) is 4.99 Å². The monoisotopic (exact) mass is 354 g/mol. The molecule has 25 heavy (non-hydrogen) atoms. The molecule has 0 radical (unpaired) electrons. The van der Waals surface area contributed by atoms with Gasteiger partial charge in [-0.2, -0.15) is 0 Å². The van der Waals surface area contributed by atoms with Crippen LogP contribution in [0.5, 0.6) is 5.75 Å². The number of halogens is 1. The van der Waals surface area contributed by atoms with E-state index in [1.165, 1.54) is 17.0 Å². The molecule has 0 heterocycles. The number of nitrogens with zero attached hydrogens (tertiary/aromatic N) is 2. The van der Waals surface area contributed by atoms with Crippen molar-refractivity contribution in [1.82, 2.24) is 15.5 Å². The van der Waals surface area contributed by atoms with Crippen LogP contribution in [0.25, 0.3) is 0 Å². The average molecular weight is 354 g/mol. The molecule has 1 aromatic carbocycles. The SMILES string of the molecule is COCCNC(=NCC(=O)N(C)C)NCC(C)Oc1cccc(F)c1. The maximum atomic E-state index is 13.2. The topological polar surface area (TPSA) is 75.2 Å². The van der Waals surface area contributed by atoms with Gasteiger partial charge in [0, 0.05) is 33.8 Å². The summed E-state index contributed by atoms with van der Waals surface area (Å²) in [6, 6.07) is 5.98. The van der Waals surface area contributed by atoms with Crippen molar-refractivity contribution in [3.8, 4) is 5.75 Å². The van der Waals surface area contributed by atoms with Gasteiger partial charge in [-0.05, 0) is 19.1 Å². The van der Waals surface area contributed by atoms with Gasteiger partial charge in [0.2, 0.25) is 5.91 Å². The summed E-state index contributed by atoms with van der Waals surface area (Å²) in [4.78, 5) is 17.4. The Morgan fingerprint density at radius 1 is 1.36 bits per heavy atom. The fraction of sp³-hybridized carbons (Fsp3) is 0.529. The van der Waals surface area contributed by atoms with E-state index in [-0.39, 0.29) is 24.4 Å². The molecule has 0 aromatic heterocycles. The minimum absolute atomic E-state index is 0.0362. The van der Waals surface area contributed by atoms with Crippen molar-refractivity contribution in [2.45, 2.75) is 13.0 Å². The zero-order valence-corrected chi connectivity index (χ0v) is 15.2. The highest BCUT2D eigenvalue weighted by atomic mass is 19.1. The fourth-order valence-corrected chi connectivity index (χ4v) is 1.79. The zero-order chi connectivity index (χ0) is 18.7. The first-order valence-electron chi connectivity index (χ1n) is 8.06. The van der Waals surface area contributed by atoms with Gasteiger partial charge < -0.3 is 25.0 Å². The van der Waals surface area contributed by atoms with Gasteiger partial charge in [-0.15, -0.1) is 0 Å². The van der Waals surface area contributed by atoms with Gasteiger partial charge in [0.1, 0.15) is 24.2 Å². The number of guanidine groups is 1. The summed E-state index contributed by atoms with van der Waals surface area (Å²) in [5.74, 6) is 0.505. The lowest BCUT2D eigenvalue weighted by Gasteiger charge is -2.18. The molecule has 1 aromatic rings. The third kappa shape index (κ3) is 8.90. The molecule has 2 N–H and O–H groups in total. The van der Waals surface area contributed by atoms with Crippen molar-refractivity contribution in [2.75, 3.05) is 47.4 Å². The molecule has 0 saturated heterocycles. The Bertz CT molecular complexity index is 567. The molecule has 0 aliphatic carbocycles. The molecule has 0 fully saturated rings. The van der Waals surface area contributed by atoms with Crippen LogP contribution in [0.1, 0.15) is 6.92 Å². The van der Waals surface area contributed by atoms with Crippen LogP contribution in [0.3, 0.4) is 0 Å².